The van der Waals surface area contributed by atoms with E-state index in [0.29, 0.717) is 38.9 Å². The maximum absolute atomic E-state index is 13.5. The molecule has 0 spiro atoms. The molecule has 1 aromatic carbocycles. The van der Waals surface area contributed by atoms with Crippen LogP contribution in [0.5, 0.6) is 5.75 Å². The lowest BCUT2D eigenvalue weighted by Crippen LogP contribution is -2.18. The molecule has 4 aromatic heterocycles. The van der Waals surface area contributed by atoms with E-state index < -0.39 is 6.10 Å². The molecule has 3 N–H and O–H groups in total. The van der Waals surface area contributed by atoms with E-state index in [-0.39, 0.29) is 27.9 Å². The first-order valence-electron chi connectivity index (χ1n) is 11.4. The number of nitrogens with zero attached hydrogens (tertiary/aromatic N) is 4. The topological polar surface area (TPSA) is 137 Å². The molecule has 5 rings (SSSR count). The molecule has 0 saturated carbocycles. The second-order valence-corrected chi connectivity index (χ2v) is 9.00. The minimum Gasteiger partial charge on any atom is -0.483 e. The van der Waals surface area contributed by atoms with Crippen LogP contribution in [0, 0.1) is 13.8 Å². The van der Waals surface area contributed by atoms with Crippen molar-refractivity contribution in [1.82, 2.24) is 15.0 Å². The highest BCUT2D eigenvalue weighted by Crippen LogP contribution is 2.34. The van der Waals surface area contributed by atoms with Crippen LogP contribution in [0.2, 0.25) is 5.15 Å². The Morgan fingerprint density at radius 2 is 1.97 bits per heavy atom. The van der Waals surface area contributed by atoms with Gasteiger partial charge in [0, 0.05) is 29.1 Å². The largest absolute Gasteiger partial charge is 0.483 e. The molecule has 4 heterocycles. The van der Waals surface area contributed by atoms with Crippen LogP contribution in [-0.4, -0.2) is 26.0 Å². The predicted octanol–water partition coefficient (Wildman–Crippen LogP) is 5.30. The van der Waals surface area contributed by atoms with E-state index in [1.807, 2.05) is 31.2 Å². The average molecular weight is 516 g/mol. The van der Waals surface area contributed by atoms with Gasteiger partial charge in [-0.15, -0.1) is 0 Å². The number of aryl methyl sites for hydroxylation is 1. The number of ether oxygens (including phenoxy) is 1. The quantitative estimate of drug-likeness (QED) is 0.106. The maximum Gasteiger partial charge on any atom is 0.196 e. The molecule has 0 unspecified atom stereocenters. The number of nitrogens with two attached hydrogens (primary N) is 1. The van der Waals surface area contributed by atoms with E-state index in [2.05, 4.69) is 20.1 Å². The van der Waals surface area contributed by atoms with Gasteiger partial charge in [-0.2, -0.15) is 0 Å². The number of amidine groups is 1. The summed E-state index contributed by atoms with van der Waals surface area (Å²) in [5.41, 5.74) is 10.1. The number of oxime groups is 1. The van der Waals surface area contributed by atoms with Gasteiger partial charge in [-0.3, -0.25) is 14.8 Å². The minimum absolute atomic E-state index is 0.0894. The summed E-state index contributed by atoms with van der Waals surface area (Å²) in [4.78, 5) is 26.4. The molecule has 5 aromatic rings. The fourth-order valence-electron chi connectivity index (χ4n) is 4.22. The molecule has 0 fully saturated rings. The highest BCUT2D eigenvalue weighted by atomic mass is 35.5. The zero-order chi connectivity index (χ0) is 26.3. The first-order chi connectivity index (χ1) is 17.8. The lowest BCUT2D eigenvalue weighted by molar-refractivity contribution is 0.225. The maximum atomic E-state index is 13.5. The molecule has 0 aliphatic rings. The Hall–Kier alpha value is -4.50. The van der Waals surface area contributed by atoms with Crippen molar-refractivity contribution in [2.45, 2.75) is 26.9 Å². The third-order valence-electron chi connectivity index (χ3n) is 6.02. The third-order valence-corrected chi connectivity index (χ3v) is 6.23. The number of rotatable bonds is 5. The molecule has 0 aliphatic heterocycles. The van der Waals surface area contributed by atoms with Crippen molar-refractivity contribution in [1.29, 1.82) is 0 Å². The molecule has 0 amide bonds. The van der Waals surface area contributed by atoms with Gasteiger partial charge in [0.1, 0.15) is 28.3 Å². The number of benzene rings is 1. The van der Waals surface area contributed by atoms with Crippen LogP contribution in [0.4, 0.5) is 0 Å². The van der Waals surface area contributed by atoms with Crippen LogP contribution < -0.4 is 15.9 Å². The van der Waals surface area contributed by atoms with Crippen LogP contribution in [0.1, 0.15) is 35.4 Å². The van der Waals surface area contributed by atoms with Gasteiger partial charge in [0.25, 0.3) is 0 Å². The van der Waals surface area contributed by atoms with Gasteiger partial charge in [0.05, 0.1) is 16.4 Å². The van der Waals surface area contributed by atoms with Gasteiger partial charge >= 0.3 is 0 Å². The van der Waals surface area contributed by atoms with Crippen LogP contribution in [0.25, 0.3) is 33.3 Å². The van der Waals surface area contributed by atoms with Crippen molar-refractivity contribution in [2.75, 3.05) is 0 Å². The Morgan fingerprint density at radius 3 is 2.76 bits per heavy atom. The summed E-state index contributed by atoms with van der Waals surface area (Å²) < 4.78 is 12.6. The van der Waals surface area contributed by atoms with Crippen LogP contribution in [0.3, 0.4) is 0 Å². The van der Waals surface area contributed by atoms with Crippen LogP contribution in [0.15, 0.2) is 69.2 Å². The van der Waals surface area contributed by atoms with Gasteiger partial charge in [-0.1, -0.05) is 16.8 Å². The van der Waals surface area contributed by atoms with Crippen molar-refractivity contribution in [2.24, 2.45) is 10.9 Å². The normalized spacial score (nSPS) is 12.7. The van der Waals surface area contributed by atoms with E-state index in [1.54, 1.807) is 38.4 Å². The van der Waals surface area contributed by atoms with Gasteiger partial charge in [-0.05, 0) is 68.8 Å². The molecule has 0 radical (unpaired) electrons. The summed E-state index contributed by atoms with van der Waals surface area (Å²) in [7, 11) is 0. The molecule has 0 aliphatic carbocycles. The summed E-state index contributed by atoms with van der Waals surface area (Å²) in [6.07, 6.45) is 2.74. The highest BCUT2D eigenvalue weighted by molar-refractivity contribution is 6.29. The second kappa shape index (κ2) is 9.51. The van der Waals surface area contributed by atoms with Gasteiger partial charge in [0.15, 0.2) is 17.0 Å². The fraction of sp³-hybridized carbons (Fsp3) is 0.148. The van der Waals surface area contributed by atoms with Crippen LogP contribution in [-0.2, 0) is 0 Å². The second-order valence-electron chi connectivity index (χ2n) is 8.61. The molecule has 186 valence electrons. The molecule has 10 heteroatoms. The summed E-state index contributed by atoms with van der Waals surface area (Å²) in [5.74, 6) is 0.405. The molecule has 0 bridgehead atoms. The zero-order valence-corrected chi connectivity index (χ0v) is 20.9. The van der Waals surface area contributed by atoms with E-state index in [1.165, 1.54) is 6.07 Å². The first-order valence-corrected chi connectivity index (χ1v) is 11.7. The lowest BCUT2D eigenvalue weighted by atomic mass is 10.00. The summed E-state index contributed by atoms with van der Waals surface area (Å²) >= 11 is 6.00. The smallest absolute Gasteiger partial charge is 0.196 e. The Labute approximate surface area is 216 Å². The van der Waals surface area contributed by atoms with E-state index in [9.17, 15) is 4.79 Å². The molecule has 37 heavy (non-hydrogen) atoms. The fourth-order valence-corrected chi connectivity index (χ4v) is 4.37. The monoisotopic (exact) mass is 515 g/mol. The lowest BCUT2D eigenvalue weighted by Gasteiger charge is -2.19. The molecule has 0 saturated heterocycles. The summed E-state index contributed by atoms with van der Waals surface area (Å²) in [6.45, 7) is 5.43. The molecular formula is C27H22ClN5O4. The van der Waals surface area contributed by atoms with E-state index >= 15 is 0 Å². The average Bonchev–Trinajstić information content (AvgIpc) is 2.90. The van der Waals surface area contributed by atoms with Crippen molar-refractivity contribution < 1.29 is 14.4 Å². The van der Waals surface area contributed by atoms with Crippen molar-refractivity contribution in [3.05, 3.63) is 92.6 Å². The number of aromatic nitrogens is 3. The molecular weight excluding hydrogens is 494 g/mol. The number of halogens is 1. The standard InChI is InChI=1S/C27H22ClN5O4/c1-13-9-17(15(3)36-21-6-7-22(28)32-23(21)27(29)33-35)26-18(10-13)24(34)14(2)25(37-26)16-11-20-19(31-12-16)5-4-8-30-20/h4-12,15,35H,1-3H3,(H2,29,33)/t15-/m1/s1. The summed E-state index contributed by atoms with van der Waals surface area (Å²) in [6, 6.07) is 12.3. The predicted molar refractivity (Wildman–Crippen MR) is 141 cm³/mol. The molecule has 9 nitrogen and oxygen atoms in total. The minimum atomic E-state index is -0.606. The Morgan fingerprint density at radius 1 is 1.16 bits per heavy atom. The Bertz CT molecular complexity index is 1770. The number of pyridine rings is 3. The number of hydrogen-bond acceptors (Lipinski definition) is 8. The SMILES string of the molecule is Cc1cc([C@@H](C)Oc2ccc(Cl)nc2C(N)=NO)c2oc(-c3cnc4cccnc4c3)c(C)c(=O)c2c1. The zero-order valence-electron chi connectivity index (χ0n) is 20.2. The summed E-state index contributed by atoms with van der Waals surface area (Å²) in [5, 5.41) is 12.8. The van der Waals surface area contributed by atoms with Crippen molar-refractivity contribution in [3.8, 4) is 17.1 Å². The van der Waals surface area contributed by atoms with Crippen LogP contribution >= 0.6 is 11.6 Å². The van der Waals surface area contributed by atoms with E-state index in [0.717, 1.165) is 11.1 Å². The molecule has 1 atom stereocenters. The van der Waals surface area contributed by atoms with Gasteiger partial charge in [0.2, 0.25) is 0 Å². The van der Waals surface area contributed by atoms with Gasteiger partial charge in [-0.25, -0.2) is 4.98 Å². The number of fused-ring (bicyclic) bond motifs is 2. The van der Waals surface area contributed by atoms with Crippen molar-refractivity contribution in [3.63, 3.8) is 0 Å². The number of hydrogen-bond donors (Lipinski definition) is 2. The van der Waals surface area contributed by atoms with Gasteiger partial charge < -0.3 is 20.1 Å². The first kappa shape index (κ1) is 24.2. The third kappa shape index (κ3) is 4.45. The highest BCUT2D eigenvalue weighted by Gasteiger charge is 2.22. The Balaban J connectivity index is 1.67. The van der Waals surface area contributed by atoms with E-state index in [4.69, 9.17) is 31.7 Å². The Kier molecular flexibility index (Phi) is 6.22. The van der Waals surface area contributed by atoms with Crippen molar-refractivity contribution >= 4 is 39.4 Å².